The van der Waals surface area contributed by atoms with Crippen LogP contribution in [0.25, 0.3) is 0 Å². The van der Waals surface area contributed by atoms with Gasteiger partial charge in [-0.25, -0.2) is 0 Å². The minimum absolute atomic E-state index is 0.258. The third kappa shape index (κ3) is 6.14. The van der Waals surface area contributed by atoms with Crippen LogP contribution in [0.2, 0.25) is 0 Å². The normalized spacial score (nSPS) is 16.4. The van der Waals surface area contributed by atoms with E-state index in [9.17, 15) is 18.7 Å². The maximum Gasteiger partial charge on any atom is 0.303 e. The van der Waals surface area contributed by atoms with Gasteiger partial charge in [0.25, 0.3) is 0 Å². The Kier molecular flexibility index (Phi) is 6.54. The van der Waals surface area contributed by atoms with E-state index in [4.69, 9.17) is 14.5 Å². The van der Waals surface area contributed by atoms with Crippen LogP contribution >= 0.6 is 14.7 Å². The summed E-state index contributed by atoms with van der Waals surface area (Å²) in [5.74, 6) is -2.28. The number of aliphatic carboxylic acids is 2. The van der Waals surface area contributed by atoms with Crippen molar-refractivity contribution >= 4 is 32.0 Å². The predicted octanol–water partition coefficient (Wildman–Crippen LogP) is 2.46. The molecule has 1 aromatic rings. The number of carboxylic acid groups (broad SMARTS) is 2. The molecule has 22 heavy (non-hydrogen) atoms. The first kappa shape index (κ1) is 18.6. The van der Waals surface area contributed by atoms with Crippen molar-refractivity contribution in [2.45, 2.75) is 12.8 Å². The van der Waals surface area contributed by atoms with E-state index in [2.05, 4.69) is 0 Å². The maximum atomic E-state index is 13.0. The summed E-state index contributed by atoms with van der Waals surface area (Å²) in [7, 11) is -7.07. The molecular weight excluding hydrogens is 330 g/mol. The Bertz CT molecular complexity index is 627. The first-order chi connectivity index (χ1) is 10.1. The fourth-order valence-corrected chi connectivity index (χ4v) is 6.96. The summed E-state index contributed by atoms with van der Waals surface area (Å²) in [6.45, 7) is 1.21. The quantitative estimate of drug-likeness (QED) is 0.658. The van der Waals surface area contributed by atoms with Gasteiger partial charge in [-0.05, 0) is 12.1 Å². The molecule has 0 aromatic heterocycles. The molecule has 2 unspecified atom stereocenters. The Morgan fingerprint density at radius 1 is 1.00 bits per heavy atom. The summed E-state index contributed by atoms with van der Waals surface area (Å²) >= 11 is 0. The van der Waals surface area contributed by atoms with E-state index in [1.165, 1.54) is 18.8 Å². The SMILES string of the molecule is CP(=O)(CCC(=O)O)OP(=O)(CCC(=O)O)c1ccccc1. The average molecular weight is 348 g/mol. The van der Waals surface area contributed by atoms with E-state index in [0.29, 0.717) is 0 Å². The molecule has 0 amide bonds. The molecule has 0 aliphatic heterocycles. The minimum Gasteiger partial charge on any atom is -0.481 e. The van der Waals surface area contributed by atoms with Crippen LogP contribution in [0.5, 0.6) is 0 Å². The van der Waals surface area contributed by atoms with Gasteiger partial charge in [0.15, 0.2) is 0 Å². The van der Waals surface area contributed by atoms with E-state index in [1.807, 2.05) is 0 Å². The lowest BCUT2D eigenvalue weighted by Crippen LogP contribution is -2.13. The van der Waals surface area contributed by atoms with E-state index in [0.717, 1.165) is 0 Å². The van der Waals surface area contributed by atoms with Crippen LogP contribution in [-0.4, -0.2) is 41.1 Å². The van der Waals surface area contributed by atoms with Crippen LogP contribution in [0.4, 0.5) is 0 Å². The van der Waals surface area contributed by atoms with Crippen LogP contribution in [0.1, 0.15) is 12.8 Å². The molecule has 0 bridgehead atoms. The summed E-state index contributed by atoms with van der Waals surface area (Å²) in [6, 6.07) is 7.95. The van der Waals surface area contributed by atoms with Gasteiger partial charge in [0.2, 0.25) is 14.7 Å². The number of hydrogen-bond acceptors (Lipinski definition) is 5. The predicted molar refractivity (Wildman–Crippen MR) is 82.5 cm³/mol. The minimum atomic E-state index is -3.64. The van der Waals surface area contributed by atoms with E-state index < -0.39 is 33.1 Å². The van der Waals surface area contributed by atoms with Gasteiger partial charge in [-0.2, -0.15) is 0 Å². The van der Waals surface area contributed by atoms with Crippen LogP contribution in [0.15, 0.2) is 30.3 Å². The summed E-state index contributed by atoms with van der Waals surface area (Å²) in [5.41, 5.74) is 0. The average Bonchev–Trinajstić information content (AvgIpc) is 2.44. The number of carbonyl (C=O) groups is 2. The molecule has 0 saturated heterocycles. The topological polar surface area (TPSA) is 118 Å². The van der Waals surface area contributed by atoms with Crippen molar-refractivity contribution in [1.82, 2.24) is 0 Å². The number of hydrogen-bond donors (Lipinski definition) is 2. The second-order valence-corrected chi connectivity index (χ2v) is 10.3. The zero-order valence-corrected chi connectivity index (χ0v) is 13.8. The first-order valence-electron chi connectivity index (χ1n) is 6.51. The van der Waals surface area contributed by atoms with Gasteiger partial charge >= 0.3 is 11.9 Å². The molecule has 0 aliphatic rings. The van der Waals surface area contributed by atoms with Crippen molar-refractivity contribution in [2.24, 2.45) is 0 Å². The lowest BCUT2D eigenvalue weighted by Gasteiger charge is -2.22. The number of carboxylic acids is 2. The summed E-state index contributed by atoms with van der Waals surface area (Å²) in [6.07, 6.45) is -1.32. The smallest absolute Gasteiger partial charge is 0.303 e. The lowest BCUT2D eigenvalue weighted by atomic mass is 10.4. The molecule has 1 aromatic carbocycles. The molecule has 9 heteroatoms. The van der Waals surface area contributed by atoms with Crippen molar-refractivity contribution in [3.63, 3.8) is 0 Å². The third-order valence-electron chi connectivity index (χ3n) is 2.81. The zero-order valence-electron chi connectivity index (χ0n) is 12.0. The molecule has 0 saturated carbocycles. The number of rotatable bonds is 9. The third-order valence-corrected chi connectivity index (χ3v) is 8.18. The second-order valence-electron chi connectivity index (χ2n) is 4.84. The van der Waals surface area contributed by atoms with Crippen molar-refractivity contribution in [2.75, 3.05) is 19.0 Å². The highest BCUT2D eigenvalue weighted by Gasteiger charge is 2.34. The summed E-state index contributed by atoms with van der Waals surface area (Å²) in [4.78, 5) is 21.3. The van der Waals surface area contributed by atoms with Gasteiger partial charge in [-0.3, -0.25) is 23.0 Å². The van der Waals surface area contributed by atoms with Gasteiger partial charge in [0.1, 0.15) is 0 Å². The second kappa shape index (κ2) is 7.73. The Balaban J connectivity index is 3.01. The molecule has 0 radical (unpaired) electrons. The van der Waals surface area contributed by atoms with Crippen molar-refractivity contribution in [3.05, 3.63) is 30.3 Å². The Hall–Kier alpha value is -1.42. The summed E-state index contributed by atoms with van der Waals surface area (Å²) < 4.78 is 30.6. The maximum absolute atomic E-state index is 13.0. The molecule has 122 valence electrons. The van der Waals surface area contributed by atoms with Crippen molar-refractivity contribution in [1.29, 1.82) is 0 Å². The van der Waals surface area contributed by atoms with E-state index in [1.54, 1.807) is 18.2 Å². The first-order valence-corrected chi connectivity index (χ1v) is 10.6. The molecular formula is C13H18O7P2. The van der Waals surface area contributed by atoms with Crippen LogP contribution in [0.3, 0.4) is 0 Å². The van der Waals surface area contributed by atoms with Crippen molar-refractivity contribution in [3.8, 4) is 0 Å². The van der Waals surface area contributed by atoms with Crippen LogP contribution in [-0.2, 0) is 23.0 Å². The van der Waals surface area contributed by atoms with Gasteiger partial charge < -0.3 is 10.2 Å². The van der Waals surface area contributed by atoms with Gasteiger partial charge in [0.05, 0.1) is 12.8 Å². The number of benzene rings is 1. The van der Waals surface area contributed by atoms with E-state index >= 15 is 0 Å². The summed E-state index contributed by atoms with van der Waals surface area (Å²) in [5, 5.41) is 17.7. The largest absolute Gasteiger partial charge is 0.481 e. The fraction of sp³-hybridized carbons (Fsp3) is 0.385. The highest BCUT2D eigenvalue weighted by atomic mass is 31.2. The Morgan fingerprint density at radius 3 is 2.00 bits per heavy atom. The zero-order chi connectivity index (χ0) is 16.8. The molecule has 0 fully saturated rings. The standard InChI is InChI=1S/C13H18O7P2/c1-21(18,9-7-12(14)15)20-22(19,10-8-13(16)17)11-5-3-2-4-6-11/h2-6H,7-10H2,1H3,(H,14,15)(H,16,17). The molecule has 0 heterocycles. The van der Waals surface area contributed by atoms with Crippen LogP contribution < -0.4 is 5.30 Å². The van der Waals surface area contributed by atoms with Gasteiger partial charge in [0, 0.05) is 24.3 Å². The van der Waals surface area contributed by atoms with Crippen molar-refractivity contribution < 1.29 is 33.2 Å². The monoisotopic (exact) mass is 348 g/mol. The molecule has 2 N–H and O–H groups in total. The molecule has 1 rings (SSSR count). The molecule has 0 spiro atoms. The molecule has 2 atom stereocenters. The van der Waals surface area contributed by atoms with Crippen LogP contribution in [0, 0.1) is 0 Å². The molecule has 7 nitrogen and oxygen atoms in total. The lowest BCUT2D eigenvalue weighted by molar-refractivity contribution is -0.137. The Labute approximate surface area is 128 Å². The highest BCUT2D eigenvalue weighted by molar-refractivity contribution is 7.76. The fourth-order valence-electron chi connectivity index (χ4n) is 1.73. The van der Waals surface area contributed by atoms with E-state index in [-0.39, 0.29) is 24.0 Å². The molecule has 0 aliphatic carbocycles. The van der Waals surface area contributed by atoms with Gasteiger partial charge in [-0.1, -0.05) is 18.2 Å². The van der Waals surface area contributed by atoms with Gasteiger partial charge in [-0.15, -0.1) is 0 Å². The Morgan fingerprint density at radius 2 is 1.50 bits per heavy atom. The highest BCUT2D eigenvalue weighted by Crippen LogP contribution is 2.61.